The summed E-state index contributed by atoms with van der Waals surface area (Å²) in [7, 11) is -2.46. The van der Waals surface area contributed by atoms with Gasteiger partial charge in [0.1, 0.15) is 5.75 Å². The van der Waals surface area contributed by atoms with Crippen molar-refractivity contribution in [2.75, 3.05) is 25.0 Å². The highest BCUT2D eigenvalue weighted by molar-refractivity contribution is 7.92. The highest BCUT2D eigenvalue weighted by atomic mass is 35.5. The second kappa shape index (κ2) is 13.5. The quantitative estimate of drug-likeness (QED) is 0.158. The summed E-state index contributed by atoms with van der Waals surface area (Å²) < 4.78 is 60.9. The number of methoxy groups -OCH3 is 1. The van der Waals surface area contributed by atoms with Crippen molar-refractivity contribution < 1.29 is 27.0 Å². The maximum atomic E-state index is 15.2. The molecule has 5 aromatic rings. The van der Waals surface area contributed by atoms with Gasteiger partial charge < -0.3 is 19.9 Å². The molecule has 0 atom stereocenters. The Hall–Kier alpha value is -4.38. The lowest BCUT2D eigenvalue weighted by Gasteiger charge is -2.14. The minimum atomic E-state index is -3.98. The first-order valence-corrected chi connectivity index (χ1v) is 14.3. The van der Waals surface area contributed by atoms with Gasteiger partial charge in [-0.1, -0.05) is 42.5 Å². The first-order valence-electron chi connectivity index (χ1n) is 12.8. The summed E-state index contributed by atoms with van der Waals surface area (Å²) in [5, 5.41) is 0.581. The molecule has 0 fully saturated rings. The number of hydrogen-bond donors (Lipinski definition) is 2. The molecule has 0 aliphatic heterocycles. The predicted octanol–water partition coefficient (Wildman–Crippen LogP) is 6.79. The maximum absolute atomic E-state index is 15.2. The van der Waals surface area contributed by atoms with Crippen LogP contribution in [-0.4, -0.2) is 33.7 Å². The first-order chi connectivity index (χ1) is 19.9. The van der Waals surface area contributed by atoms with E-state index in [0.717, 1.165) is 17.2 Å². The molecule has 8 nitrogen and oxygen atoms in total. The number of pyridine rings is 1. The van der Waals surface area contributed by atoms with Gasteiger partial charge in [0, 0.05) is 23.7 Å². The number of rotatable bonds is 11. The van der Waals surface area contributed by atoms with Crippen molar-refractivity contribution in [3.63, 3.8) is 0 Å². The molecule has 42 heavy (non-hydrogen) atoms. The summed E-state index contributed by atoms with van der Waals surface area (Å²) in [6, 6.07) is 24.9. The number of nitrogens with two attached hydrogens (primary N) is 1. The van der Waals surface area contributed by atoms with E-state index in [9.17, 15) is 8.42 Å². The average Bonchev–Trinajstić information content (AvgIpc) is 2.99. The number of sulfonamides is 1. The minimum absolute atomic E-state index is 0. The van der Waals surface area contributed by atoms with Gasteiger partial charge in [-0.05, 0) is 60.5 Å². The van der Waals surface area contributed by atoms with E-state index >= 15 is 4.39 Å². The van der Waals surface area contributed by atoms with Gasteiger partial charge in [-0.3, -0.25) is 9.71 Å². The second-order valence-corrected chi connectivity index (χ2v) is 10.7. The number of hydrogen-bond acceptors (Lipinski definition) is 7. The van der Waals surface area contributed by atoms with Gasteiger partial charge in [0.25, 0.3) is 10.0 Å². The van der Waals surface area contributed by atoms with Crippen molar-refractivity contribution in [3.8, 4) is 34.1 Å². The van der Waals surface area contributed by atoms with Crippen LogP contribution in [0.25, 0.3) is 22.0 Å². The molecule has 3 N–H and O–H groups in total. The number of aromatic nitrogens is 1. The number of nitrogens with one attached hydrogen (secondary N) is 1. The van der Waals surface area contributed by atoms with E-state index in [1.54, 1.807) is 30.3 Å². The third-order valence-corrected chi connectivity index (χ3v) is 7.63. The van der Waals surface area contributed by atoms with Gasteiger partial charge in [0.05, 0.1) is 29.8 Å². The molecule has 5 rings (SSSR count). The lowest BCUT2D eigenvalue weighted by Crippen LogP contribution is -2.13. The zero-order chi connectivity index (χ0) is 28.8. The molecule has 4 aromatic carbocycles. The molecule has 0 saturated carbocycles. The summed E-state index contributed by atoms with van der Waals surface area (Å²) in [6.07, 6.45) is 2.22. The Kier molecular flexibility index (Phi) is 9.84. The van der Waals surface area contributed by atoms with Crippen molar-refractivity contribution in [2.45, 2.75) is 11.3 Å². The monoisotopic (exact) mass is 609 g/mol. The maximum Gasteiger partial charge on any atom is 0.261 e. The van der Waals surface area contributed by atoms with Gasteiger partial charge >= 0.3 is 0 Å². The summed E-state index contributed by atoms with van der Waals surface area (Å²) >= 11 is 0. The van der Waals surface area contributed by atoms with Gasteiger partial charge in [0.2, 0.25) is 0 Å². The first kappa shape index (κ1) is 30.6. The Balaban J connectivity index is 0.00000405. The van der Waals surface area contributed by atoms with Crippen LogP contribution in [0.2, 0.25) is 0 Å². The third-order valence-electron chi connectivity index (χ3n) is 6.25. The fourth-order valence-corrected chi connectivity index (χ4v) is 5.30. The van der Waals surface area contributed by atoms with Crippen LogP contribution < -0.4 is 24.7 Å². The fraction of sp³-hybridized carbons (Fsp3) is 0.129. The van der Waals surface area contributed by atoms with E-state index in [1.807, 2.05) is 36.4 Å². The van der Waals surface area contributed by atoms with E-state index in [2.05, 4.69) is 9.71 Å². The molecule has 0 amide bonds. The van der Waals surface area contributed by atoms with Gasteiger partial charge in [-0.25, -0.2) is 12.8 Å². The van der Waals surface area contributed by atoms with Crippen LogP contribution >= 0.6 is 12.4 Å². The molecule has 0 radical (unpaired) electrons. The zero-order valence-corrected chi connectivity index (χ0v) is 24.3. The number of nitrogens with zero attached hydrogens (tertiary/aromatic N) is 1. The Labute approximate surface area is 249 Å². The van der Waals surface area contributed by atoms with Crippen LogP contribution in [0.4, 0.5) is 10.1 Å². The number of ether oxygens (including phenoxy) is 3. The molecule has 0 saturated heterocycles. The number of halogens is 2. The summed E-state index contributed by atoms with van der Waals surface area (Å²) in [5.74, 6) is 0.478. The molecule has 218 valence electrons. The number of anilines is 1. The normalized spacial score (nSPS) is 11.0. The summed E-state index contributed by atoms with van der Waals surface area (Å²) in [5.41, 5.74) is 7.80. The Morgan fingerprint density at radius 3 is 2.38 bits per heavy atom. The topological polar surface area (TPSA) is 113 Å². The molecule has 0 aliphatic rings. The molecule has 1 heterocycles. The van der Waals surface area contributed by atoms with Crippen LogP contribution in [0, 0.1) is 5.82 Å². The Bertz CT molecular complexity index is 1790. The highest BCUT2D eigenvalue weighted by Gasteiger charge is 2.18. The van der Waals surface area contributed by atoms with Gasteiger partial charge in [-0.2, -0.15) is 0 Å². The fourth-order valence-electron chi connectivity index (χ4n) is 4.21. The lowest BCUT2D eigenvalue weighted by atomic mass is 10.1. The van der Waals surface area contributed by atoms with E-state index < -0.39 is 15.8 Å². The molecule has 11 heteroatoms. The minimum Gasteiger partial charge on any atom is -0.493 e. The van der Waals surface area contributed by atoms with E-state index in [1.165, 1.54) is 31.5 Å². The van der Waals surface area contributed by atoms with Crippen LogP contribution in [-0.2, 0) is 10.0 Å². The van der Waals surface area contributed by atoms with Crippen LogP contribution in [0.3, 0.4) is 0 Å². The molecule has 0 aliphatic carbocycles. The standard InChI is InChI=1S/C31H28FN3O5S.ClH/c1-38-30-19-25-27(20-31(30)39-16-6-14-33)34-15-13-28(25)40-29-12-11-23(18-26(29)32)35-41(36,37)24-10-5-9-22(17-24)21-7-3-2-4-8-21;/h2-5,7-13,15,17-20,35H,6,14,16,33H2,1H3;1H. The summed E-state index contributed by atoms with van der Waals surface area (Å²) in [6.45, 7) is 0.924. The largest absolute Gasteiger partial charge is 0.493 e. The smallest absolute Gasteiger partial charge is 0.261 e. The van der Waals surface area contributed by atoms with Crippen molar-refractivity contribution >= 4 is 39.0 Å². The molecular weight excluding hydrogens is 581 g/mol. The molecule has 0 unspecified atom stereocenters. The van der Waals surface area contributed by atoms with Crippen molar-refractivity contribution in [1.82, 2.24) is 4.98 Å². The Morgan fingerprint density at radius 2 is 1.64 bits per heavy atom. The van der Waals surface area contributed by atoms with Crippen LogP contribution in [0.5, 0.6) is 23.0 Å². The lowest BCUT2D eigenvalue weighted by molar-refractivity contribution is 0.292. The molecular formula is C31H29ClFN3O5S. The number of fused-ring (bicyclic) bond motifs is 1. The van der Waals surface area contributed by atoms with E-state index in [-0.39, 0.29) is 28.7 Å². The SMILES string of the molecule is COc1cc2c(Oc3ccc(NS(=O)(=O)c4cccc(-c5ccccc5)c4)cc3F)ccnc2cc1OCCCN.Cl. The Morgan fingerprint density at radius 1 is 0.857 bits per heavy atom. The van der Waals surface area contributed by atoms with Gasteiger partial charge in [-0.15, -0.1) is 12.4 Å². The second-order valence-electron chi connectivity index (χ2n) is 9.07. The summed E-state index contributed by atoms with van der Waals surface area (Å²) in [4.78, 5) is 4.43. The average molecular weight is 610 g/mol. The van der Waals surface area contributed by atoms with Crippen LogP contribution in [0.15, 0.2) is 102 Å². The van der Waals surface area contributed by atoms with E-state index in [4.69, 9.17) is 19.9 Å². The molecule has 1 aromatic heterocycles. The third kappa shape index (κ3) is 6.91. The number of benzene rings is 4. The highest BCUT2D eigenvalue weighted by Crippen LogP contribution is 2.38. The van der Waals surface area contributed by atoms with E-state index in [0.29, 0.717) is 47.7 Å². The van der Waals surface area contributed by atoms with Gasteiger partial charge in [0.15, 0.2) is 23.1 Å². The zero-order valence-electron chi connectivity index (χ0n) is 22.6. The molecule has 0 spiro atoms. The molecule has 0 bridgehead atoms. The van der Waals surface area contributed by atoms with Crippen molar-refractivity contribution in [2.24, 2.45) is 5.73 Å². The van der Waals surface area contributed by atoms with Crippen LogP contribution in [0.1, 0.15) is 6.42 Å². The van der Waals surface area contributed by atoms with Crippen molar-refractivity contribution in [1.29, 1.82) is 0 Å². The van der Waals surface area contributed by atoms with Crippen molar-refractivity contribution in [3.05, 3.63) is 103 Å². The predicted molar refractivity (Wildman–Crippen MR) is 164 cm³/mol.